The molecule has 0 saturated heterocycles. The first kappa shape index (κ1) is 9.50. The fraction of sp³-hybridized carbons (Fsp3) is 0.375. The number of hydrogen-bond acceptors (Lipinski definition) is 4. The van der Waals surface area contributed by atoms with Crippen molar-refractivity contribution in [3.05, 3.63) is 20.8 Å². The van der Waals surface area contributed by atoms with Crippen LogP contribution in [0.25, 0.3) is 11.2 Å². The first-order valence-electron chi connectivity index (χ1n) is 4.33. The molecular formula is C8H11N5O2. The molecule has 80 valence electrons. The van der Waals surface area contributed by atoms with Crippen LogP contribution in [0.5, 0.6) is 0 Å². The molecule has 0 spiro atoms. The zero-order valence-corrected chi connectivity index (χ0v) is 8.68. The number of nitrogen functional groups attached to an aromatic ring is 1. The summed E-state index contributed by atoms with van der Waals surface area (Å²) in [5.41, 5.74) is 5.42. The first-order chi connectivity index (χ1) is 6.95. The van der Waals surface area contributed by atoms with E-state index in [1.54, 1.807) is 14.1 Å². The van der Waals surface area contributed by atoms with E-state index in [0.717, 1.165) is 4.57 Å². The number of nitrogens with zero attached hydrogens (tertiary/aromatic N) is 4. The Bertz CT molecular complexity index is 660. The highest BCUT2D eigenvalue weighted by Crippen LogP contribution is 2.09. The molecule has 2 N–H and O–H groups in total. The average Bonchev–Trinajstić information content (AvgIpc) is 2.50. The van der Waals surface area contributed by atoms with Crippen molar-refractivity contribution >= 4 is 17.1 Å². The van der Waals surface area contributed by atoms with E-state index in [0.29, 0.717) is 11.2 Å². The van der Waals surface area contributed by atoms with Gasteiger partial charge in [-0.25, -0.2) is 4.79 Å². The Kier molecular flexibility index (Phi) is 1.72. The number of fused-ring (bicyclic) bond motifs is 1. The smallest absolute Gasteiger partial charge is 0.332 e. The molecule has 0 aliphatic carbocycles. The molecule has 7 nitrogen and oxygen atoms in total. The average molecular weight is 209 g/mol. The summed E-state index contributed by atoms with van der Waals surface area (Å²) < 4.78 is 3.80. The highest BCUT2D eigenvalue weighted by atomic mass is 16.2. The molecule has 15 heavy (non-hydrogen) atoms. The van der Waals surface area contributed by atoms with Gasteiger partial charge in [0.2, 0.25) is 5.95 Å². The van der Waals surface area contributed by atoms with Gasteiger partial charge in [0, 0.05) is 21.1 Å². The van der Waals surface area contributed by atoms with Crippen LogP contribution in [0.2, 0.25) is 0 Å². The molecule has 2 aromatic heterocycles. The van der Waals surface area contributed by atoms with Gasteiger partial charge in [0.05, 0.1) is 0 Å². The van der Waals surface area contributed by atoms with Crippen LogP contribution in [-0.2, 0) is 21.1 Å². The fourth-order valence-electron chi connectivity index (χ4n) is 1.54. The third-order valence-corrected chi connectivity index (χ3v) is 2.51. The summed E-state index contributed by atoms with van der Waals surface area (Å²) in [6.07, 6.45) is 0. The first-order valence-corrected chi connectivity index (χ1v) is 4.33. The van der Waals surface area contributed by atoms with Gasteiger partial charge in [0.15, 0.2) is 11.2 Å². The van der Waals surface area contributed by atoms with Crippen molar-refractivity contribution in [2.75, 3.05) is 5.73 Å². The van der Waals surface area contributed by atoms with Crippen molar-refractivity contribution in [1.82, 2.24) is 18.7 Å². The zero-order valence-electron chi connectivity index (χ0n) is 8.68. The molecule has 2 heterocycles. The van der Waals surface area contributed by atoms with Gasteiger partial charge in [-0.3, -0.25) is 13.9 Å². The lowest BCUT2D eigenvalue weighted by Gasteiger charge is -2.02. The molecule has 0 radical (unpaired) electrons. The standard InChI is InChI=1S/C8H11N5O2/c1-11-4-5(10-7(11)9)12(2)8(15)13(3)6(4)14/h1-3H3,(H2,9,10). The molecule has 0 aliphatic heterocycles. The molecule has 0 aliphatic rings. The Hall–Kier alpha value is -2.05. The summed E-state index contributed by atoms with van der Waals surface area (Å²) in [6, 6.07) is 0. The van der Waals surface area contributed by atoms with E-state index in [1.807, 2.05) is 0 Å². The summed E-state index contributed by atoms with van der Waals surface area (Å²) in [4.78, 5) is 27.3. The number of hydrogen-bond donors (Lipinski definition) is 1. The minimum absolute atomic E-state index is 0.211. The van der Waals surface area contributed by atoms with Crippen LogP contribution in [0.15, 0.2) is 9.59 Å². The lowest BCUT2D eigenvalue weighted by atomic mass is 10.5. The van der Waals surface area contributed by atoms with Crippen molar-refractivity contribution in [2.45, 2.75) is 0 Å². The SMILES string of the molecule is Cn1c(=O)c2c(nc(N)n2C)n(C)c1=O. The Morgan fingerprint density at radius 3 is 2.27 bits per heavy atom. The molecule has 2 aromatic rings. The summed E-state index contributed by atoms with van der Waals surface area (Å²) in [7, 11) is 4.61. The number of aryl methyl sites for hydroxylation is 2. The van der Waals surface area contributed by atoms with Crippen molar-refractivity contribution in [3.8, 4) is 0 Å². The number of anilines is 1. The Morgan fingerprint density at radius 1 is 1.07 bits per heavy atom. The highest BCUT2D eigenvalue weighted by molar-refractivity contribution is 5.73. The van der Waals surface area contributed by atoms with E-state index in [1.165, 1.54) is 16.2 Å². The van der Waals surface area contributed by atoms with Crippen molar-refractivity contribution < 1.29 is 0 Å². The molecule has 7 heteroatoms. The number of nitrogens with two attached hydrogens (primary N) is 1. The molecule has 0 saturated carbocycles. The van der Waals surface area contributed by atoms with Crippen LogP contribution >= 0.6 is 0 Å². The van der Waals surface area contributed by atoms with Crippen molar-refractivity contribution in [3.63, 3.8) is 0 Å². The van der Waals surface area contributed by atoms with E-state index >= 15 is 0 Å². The van der Waals surface area contributed by atoms with Crippen molar-refractivity contribution in [1.29, 1.82) is 0 Å². The third kappa shape index (κ3) is 1.03. The van der Waals surface area contributed by atoms with Crippen LogP contribution < -0.4 is 17.0 Å². The quantitative estimate of drug-likeness (QED) is 0.575. The van der Waals surface area contributed by atoms with Gasteiger partial charge in [0.1, 0.15) is 0 Å². The Balaban J connectivity index is 3.23. The van der Waals surface area contributed by atoms with E-state index in [4.69, 9.17) is 5.73 Å². The molecule has 0 fully saturated rings. The van der Waals surface area contributed by atoms with Gasteiger partial charge in [0.25, 0.3) is 5.56 Å². The molecule has 0 unspecified atom stereocenters. The lowest BCUT2D eigenvalue weighted by molar-refractivity contribution is 0.705. The minimum atomic E-state index is -0.411. The monoisotopic (exact) mass is 209 g/mol. The second-order valence-electron chi connectivity index (χ2n) is 3.41. The summed E-state index contributed by atoms with van der Waals surface area (Å²) in [5, 5.41) is 0. The third-order valence-electron chi connectivity index (χ3n) is 2.51. The van der Waals surface area contributed by atoms with Crippen LogP contribution in [0.4, 0.5) is 5.95 Å². The molecule has 0 aromatic carbocycles. The second kappa shape index (κ2) is 2.72. The topological polar surface area (TPSA) is 87.8 Å². The Labute approximate surface area is 84.4 Å². The van der Waals surface area contributed by atoms with E-state index in [2.05, 4.69) is 4.98 Å². The largest absolute Gasteiger partial charge is 0.369 e. The molecule has 0 bridgehead atoms. The van der Waals surface area contributed by atoms with Gasteiger partial charge >= 0.3 is 5.69 Å². The molecular weight excluding hydrogens is 198 g/mol. The summed E-state index contributed by atoms with van der Waals surface area (Å²) >= 11 is 0. The van der Waals surface area contributed by atoms with Gasteiger partial charge in [-0.15, -0.1) is 0 Å². The van der Waals surface area contributed by atoms with Gasteiger partial charge < -0.3 is 10.3 Å². The minimum Gasteiger partial charge on any atom is -0.369 e. The number of imidazole rings is 1. The highest BCUT2D eigenvalue weighted by Gasteiger charge is 2.14. The fourth-order valence-corrected chi connectivity index (χ4v) is 1.54. The second-order valence-corrected chi connectivity index (χ2v) is 3.41. The maximum atomic E-state index is 11.8. The van der Waals surface area contributed by atoms with E-state index in [9.17, 15) is 9.59 Å². The summed E-state index contributed by atoms with van der Waals surface area (Å²) in [6.45, 7) is 0. The lowest BCUT2D eigenvalue weighted by Crippen LogP contribution is -2.37. The normalized spacial score (nSPS) is 11.1. The number of aromatic nitrogens is 4. The molecule has 0 amide bonds. The van der Waals surface area contributed by atoms with Crippen LogP contribution in [0.3, 0.4) is 0 Å². The maximum absolute atomic E-state index is 11.8. The maximum Gasteiger partial charge on any atom is 0.332 e. The van der Waals surface area contributed by atoms with Gasteiger partial charge in [-0.1, -0.05) is 0 Å². The predicted octanol–water partition coefficient (Wildman–Crippen LogP) is -1.45. The van der Waals surface area contributed by atoms with Crippen LogP contribution in [0.1, 0.15) is 0 Å². The Morgan fingerprint density at radius 2 is 1.67 bits per heavy atom. The van der Waals surface area contributed by atoms with Crippen LogP contribution in [0, 0.1) is 0 Å². The van der Waals surface area contributed by atoms with E-state index in [-0.39, 0.29) is 11.5 Å². The van der Waals surface area contributed by atoms with Gasteiger partial charge in [-0.05, 0) is 0 Å². The van der Waals surface area contributed by atoms with Crippen molar-refractivity contribution in [2.24, 2.45) is 21.1 Å². The van der Waals surface area contributed by atoms with Crippen LogP contribution in [-0.4, -0.2) is 18.7 Å². The van der Waals surface area contributed by atoms with E-state index < -0.39 is 5.69 Å². The molecule has 2 rings (SSSR count). The predicted molar refractivity (Wildman–Crippen MR) is 55.6 cm³/mol. The summed E-state index contributed by atoms with van der Waals surface area (Å²) in [5.74, 6) is 0.211. The zero-order chi connectivity index (χ0) is 11.3. The number of rotatable bonds is 0. The molecule has 0 atom stereocenters. The van der Waals surface area contributed by atoms with Gasteiger partial charge in [-0.2, -0.15) is 4.98 Å².